The van der Waals surface area contributed by atoms with E-state index in [0.29, 0.717) is 6.54 Å². The van der Waals surface area contributed by atoms with E-state index >= 15 is 0 Å². The minimum atomic E-state index is -0.208. The second kappa shape index (κ2) is 4.73. The molecule has 0 aromatic carbocycles. The quantitative estimate of drug-likeness (QED) is 0.612. The van der Waals surface area contributed by atoms with Gasteiger partial charge in [0.2, 0.25) is 0 Å². The molecule has 4 nitrogen and oxygen atoms in total. The van der Waals surface area contributed by atoms with Crippen LogP contribution in [-0.2, 0) is 9.53 Å². The summed E-state index contributed by atoms with van der Waals surface area (Å²) >= 11 is 0. The first-order valence-electron chi connectivity index (χ1n) is 4.04. The minimum absolute atomic E-state index is 0.0767. The number of rotatable bonds is 3. The van der Waals surface area contributed by atoms with Crippen molar-refractivity contribution < 1.29 is 9.53 Å². The summed E-state index contributed by atoms with van der Waals surface area (Å²) < 4.78 is 5.29. The number of carbonyl (C=O) groups is 1. The molecule has 1 unspecified atom stereocenters. The molecule has 0 aliphatic carbocycles. The molecule has 4 heteroatoms. The Kier molecular flexibility index (Phi) is 3.55. The predicted octanol–water partition coefficient (Wildman–Crippen LogP) is 0.201. The molecule has 1 aliphatic heterocycles. The van der Waals surface area contributed by atoms with Gasteiger partial charge in [0.25, 0.3) is 12.5 Å². The molecule has 0 aromatic heterocycles. The van der Waals surface area contributed by atoms with Crippen LogP contribution in [0.4, 0.5) is 0 Å². The summed E-state index contributed by atoms with van der Waals surface area (Å²) in [6, 6.07) is 0. The van der Waals surface area contributed by atoms with Crippen molar-refractivity contribution >= 4 is 5.91 Å². The summed E-state index contributed by atoms with van der Waals surface area (Å²) in [4.78, 5) is 13.8. The van der Waals surface area contributed by atoms with Crippen molar-refractivity contribution in [1.29, 1.82) is 0 Å². The molecular formula is C8H12N2O2. The van der Waals surface area contributed by atoms with Gasteiger partial charge in [0.15, 0.2) is 0 Å². The maximum absolute atomic E-state index is 10.8. The lowest BCUT2D eigenvalue weighted by molar-refractivity contribution is -0.119. The van der Waals surface area contributed by atoms with Gasteiger partial charge < -0.3 is 14.9 Å². The van der Waals surface area contributed by atoms with Gasteiger partial charge in [0.1, 0.15) is 0 Å². The standard InChI is InChI=1S/C8H12N2O2/c1-9-6-8(11)10-5-7-3-2-4-12-7/h7H,2-6H2,(H,10,11). The van der Waals surface area contributed by atoms with Crippen LogP contribution in [0.3, 0.4) is 0 Å². The largest absolute Gasteiger partial charge is 0.376 e. The summed E-state index contributed by atoms with van der Waals surface area (Å²) in [6.45, 7) is 7.72. The van der Waals surface area contributed by atoms with E-state index in [1.807, 2.05) is 0 Å². The average molecular weight is 168 g/mol. The van der Waals surface area contributed by atoms with E-state index in [9.17, 15) is 4.79 Å². The van der Waals surface area contributed by atoms with E-state index in [1.165, 1.54) is 0 Å². The van der Waals surface area contributed by atoms with Gasteiger partial charge in [-0.1, -0.05) is 0 Å². The third kappa shape index (κ3) is 2.89. The lowest BCUT2D eigenvalue weighted by Gasteiger charge is -2.08. The van der Waals surface area contributed by atoms with Gasteiger partial charge in [0.05, 0.1) is 6.10 Å². The fraction of sp³-hybridized carbons (Fsp3) is 0.750. The van der Waals surface area contributed by atoms with E-state index in [4.69, 9.17) is 11.3 Å². The second-order valence-corrected chi connectivity index (χ2v) is 2.76. The number of amides is 1. The Balaban J connectivity index is 2.08. The Morgan fingerprint density at radius 1 is 1.75 bits per heavy atom. The zero-order chi connectivity index (χ0) is 8.81. The van der Waals surface area contributed by atoms with Gasteiger partial charge in [-0.25, -0.2) is 6.57 Å². The predicted molar refractivity (Wildman–Crippen MR) is 43.5 cm³/mol. The lowest BCUT2D eigenvalue weighted by Crippen LogP contribution is -2.32. The molecule has 1 saturated heterocycles. The van der Waals surface area contributed by atoms with Crippen molar-refractivity contribution in [3.63, 3.8) is 0 Å². The van der Waals surface area contributed by atoms with Crippen LogP contribution in [0.25, 0.3) is 4.85 Å². The van der Waals surface area contributed by atoms with E-state index in [1.54, 1.807) is 0 Å². The summed E-state index contributed by atoms with van der Waals surface area (Å²) in [5.41, 5.74) is 0. The van der Waals surface area contributed by atoms with Crippen LogP contribution in [0.1, 0.15) is 12.8 Å². The highest BCUT2D eigenvalue weighted by molar-refractivity contribution is 5.79. The smallest absolute Gasteiger partial charge is 0.300 e. The number of nitrogens with one attached hydrogen (secondary N) is 1. The minimum Gasteiger partial charge on any atom is -0.376 e. The van der Waals surface area contributed by atoms with Gasteiger partial charge in [-0.15, -0.1) is 0 Å². The van der Waals surface area contributed by atoms with Crippen LogP contribution in [0.5, 0.6) is 0 Å². The molecule has 0 saturated carbocycles. The molecule has 1 atom stereocenters. The highest BCUT2D eigenvalue weighted by Gasteiger charge is 2.16. The fourth-order valence-electron chi connectivity index (χ4n) is 1.16. The normalized spacial score (nSPS) is 21.8. The first kappa shape index (κ1) is 9.01. The zero-order valence-electron chi connectivity index (χ0n) is 6.88. The third-order valence-electron chi connectivity index (χ3n) is 1.77. The van der Waals surface area contributed by atoms with Crippen LogP contribution in [0, 0.1) is 6.57 Å². The first-order valence-corrected chi connectivity index (χ1v) is 4.04. The van der Waals surface area contributed by atoms with Crippen molar-refractivity contribution in [2.45, 2.75) is 18.9 Å². The van der Waals surface area contributed by atoms with Gasteiger partial charge in [-0.05, 0) is 12.8 Å². The lowest BCUT2D eigenvalue weighted by atomic mass is 10.2. The molecular weight excluding hydrogens is 156 g/mol. The molecule has 0 aromatic rings. The topological polar surface area (TPSA) is 42.7 Å². The number of ether oxygens (including phenoxy) is 1. The van der Waals surface area contributed by atoms with Crippen molar-refractivity contribution in [2.75, 3.05) is 19.7 Å². The Labute approximate surface area is 71.7 Å². The summed E-state index contributed by atoms with van der Waals surface area (Å²) in [7, 11) is 0. The average Bonchev–Trinajstić information content (AvgIpc) is 2.53. The fourth-order valence-corrected chi connectivity index (χ4v) is 1.16. The molecule has 0 bridgehead atoms. The third-order valence-corrected chi connectivity index (χ3v) is 1.77. The van der Waals surface area contributed by atoms with E-state index in [0.717, 1.165) is 19.4 Å². The Morgan fingerprint density at radius 2 is 2.58 bits per heavy atom. The van der Waals surface area contributed by atoms with Crippen molar-refractivity contribution in [1.82, 2.24) is 5.32 Å². The summed E-state index contributed by atoms with van der Waals surface area (Å²) in [5, 5.41) is 2.65. The molecule has 1 amide bonds. The van der Waals surface area contributed by atoms with Gasteiger partial charge in [-0.3, -0.25) is 4.79 Å². The summed E-state index contributed by atoms with van der Waals surface area (Å²) in [6.07, 6.45) is 2.25. The second-order valence-electron chi connectivity index (χ2n) is 2.76. The van der Waals surface area contributed by atoms with Gasteiger partial charge >= 0.3 is 0 Å². The van der Waals surface area contributed by atoms with E-state index in [-0.39, 0.29) is 18.6 Å². The number of hydrogen-bond donors (Lipinski definition) is 1. The summed E-state index contributed by atoms with van der Waals surface area (Å²) in [5.74, 6) is -0.208. The molecule has 1 fully saturated rings. The van der Waals surface area contributed by atoms with E-state index in [2.05, 4.69) is 10.2 Å². The maximum Gasteiger partial charge on any atom is 0.300 e. The van der Waals surface area contributed by atoms with E-state index < -0.39 is 0 Å². The maximum atomic E-state index is 10.8. The monoisotopic (exact) mass is 168 g/mol. The molecule has 0 spiro atoms. The Hall–Kier alpha value is -1.08. The van der Waals surface area contributed by atoms with Crippen LogP contribution < -0.4 is 5.32 Å². The van der Waals surface area contributed by atoms with Crippen molar-refractivity contribution in [3.05, 3.63) is 11.4 Å². The number of carbonyl (C=O) groups excluding carboxylic acids is 1. The zero-order valence-corrected chi connectivity index (χ0v) is 6.88. The molecule has 0 radical (unpaired) electrons. The molecule has 1 rings (SSSR count). The van der Waals surface area contributed by atoms with Crippen molar-refractivity contribution in [2.24, 2.45) is 0 Å². The van der Waals surface area contributed by atoms with Gasteiger partial charge in [-0.2, -0.15) is 0 Å². The number of nitrogens with zero attached hydrogens (tertiary/aromatic N) is 1. The molecule has 1 heterocycles. The molecule has 66 valence electrons. The highest BCUT2D eigenvalue weighted by Crippen LogP contribution is 2.10. The van der Waals surface area contributed by atoms with Crippen LogP contribution in [0.2, 0.25) is 0 Å². The Morgan fingerprint density at radius 3 is 3.17 bits per heavy atom. The highest BCUT2D eigenvalue weighted by atomic mass is 16.5. The SMILES string of the molecule is [C-]#[N+]CC(=O)NCC1CCCO1. The van der Waals surface area contributed by atoms with Gasteiger partial charge in [0, 0.05) is 13.2 Å². The first-order chi connectivity index (χ1) is 5.83. The molecule has 1 N–H and O–H groups in total. The van der Waals surface area contributed by atoms with Crippen LogP contribution in [-0.4, -0.2) is 31.7 Å². The molecule has 1 aliphatic rings. The van der Waals surface area contributed by atoms with Crippen molar-refractivity contribution in [3.8, 4) is 0 Å². The molecule has 12 heavy (non-hydrogen) atoms. The van der Waals surface area contributed by atoms with Crippen LogP contribution in [0.15, 0.2) is 0 Å². The number of hydrogen-bond acceptors (Lipinski definition) is 2. The Bertz CT molecular complexity index is 192. The van der Waals surface area contributed by atoms with Crippen LogP contribution >= 0.6 is 0 Å².